The maximum absolute atomic E-state index is 12.5. The second-order valence-electron chi connectivity index (χ2n) is 6.23. The Hall–Kier alpha value is -1.60. The standard InChI is InChI=1S/C17H26N2O4S/c1-23-16-6-3-5-15(13-16)14-17(20)19-8-4-7-18(9-10-19)11-12-24(2,21)22/h3,5-6,13H,4,7-12,14H2,1-2H3. The minimum absolute atomic E-state index is 0.105. The molecule has 0 atom stereocenters. The molecule has 1 fully saturated rings. The third-order valence-electron chi connectivity index (χ3n) is 4.21. The number of carbonyl (C=O) groups is 1. The molecule has 0 aliphatic carbocycles. The summed E-state index contributed by atoms with van der Waals surface area (Å²) >= 11 is 0. The second-order valence-corrected chi connectivity index (χ2v) is 8.49. The molecule has 0 radical (unpaired) electrons. The number of nitrogens with zero attached hydrogens (tertiary/aromatic N) is 2. The molecule has 6 nitrogen and oxygen atoms in total. The van der Waals surface area contributed by atoms with Gasteiger partial charge >= 0.3 is 0 Å². The second kappa shape index (κ2) is 8.48. The predicted molar refractivity (Wildman–Crippen MR) is 94.0 cm³/mol. The van der Waals surface area contributed by atoms with Crippen LogP contribution in [0.3, 0.4) is 0 Å². The average Bonchev–Trinajstić information content (AvgIpc) is 2.78. The molecule has 1 aliphatic rings. The highest BCUT2D eigenvalue weighted by Gasteiger charge is 2.20. The Morgan fingerprint density at radius 2 is 2.00 bits per heavy atom. The van der Waals surface area contributed by atoms with Crippen LogP contribution in [0.4, 0.5) is 0 Å². The minimum atomic E-state index is -2.95. The maximum atomic E-state index is 12.5. The van der Waals surface area contributed by atoms with E-state index in [1.165, 1.54) is 6.26 Å². The van der Waals surface area contributed by atoms with Gasteiger partial charge in [-0.2, -0.15) is 0 Å². The summed E-state index contributed by atoms with van der Waals surface area (Å²) in [6.45, 7) is 3.46. The number of sulfone groups is 1. The Bertz CT molecular complexity index is 660. The van der Waals surface area contributed by atoms with Crippen LogP contribution in [0.15, 0.2) is 24.3 Å². The van der Waals surface area contributed by atoms with Crippen molar-refractivity contribution in [1.29, 1.82) is 0 Å². The fraction of sp³-hybridized carbons (Fsp3) is 0.588. The molecule has 1 heterocycles. The fourth-order valence-electron chi connectivity index (χ4n) is 2.81. The smallest absolute Gasteiger partial charge is 0.227 e. The van der Waals surface area contributed by atoms with Crippen LogP contribution in [0.5, 0.6) is 5.75 Å². The maximum Gasteiger partial charge on any atom is 0.227 e. The van der Waals surface area contributed by atoms with Crippen molar-refractivity contribution >= 4 is 15.7 Å². The monoisotopic (exact) mass is 354 g/mol. The number of hydrogen-bond donors (Lipinski definition) is 0. The van der Waals surface area contributed by atoms with Crippen LogP contribution < -0.4 is 4.74 Å². The molecule has 0 unspecified atom stereocenters. The summed E-state index contributed by atoms with van der Waals surface area (Å²) < 4.78 is 27.8. The van der Waals surface area contributed by atoms with E-state index >= 15 is 0 Å². The summed E-state index contributed by atoms with van der Waals surface area (Å²) in [5.74, 6) is 1.03. The van der Waals surface area contributed by atoms with E-state index in [1.807, 2.05) is 29.2 Å². The SMILES string of the molecule is COc1cccc(CC(=O)N2CCCN(CCS(C)(=O)=O)CC2)c1. The Balaban J connectivity index is 1.87. The first-order chi connectivity index (χ1) is 11.4. The van der Waals surface area contributed by atoms with Crippen molar-refractivity contribution < 1.29 is 17.9 Å². The molecule has 134 valence electrons. The molecule has 1 amide bonds. The lowest BCUT2D eigenvalue weighted by atomic mass is 10.1. The fourth-order valence-corrected chi connectivity index (χ4v) is 3.40. The van der Waals surface area contributed by atoms with Gasteiger partial charge in [0.2, 0.25) is 5.91 Å². The lowest BCUT2D eigenvalue weighted by molar-refractivity contribution is -0.130. The van der Waals surface area contributed by atoms with E-state index < -0.39 is 9.84 Å². The van der Waals surface area contributed by atoms with Gasteiger partial charge in [-0.05, 0) is 30.7 Å². The summed E-state index contributed by atoms with van der Waals surface area (Å²) in [6.07, 6.45) is 2.49. The molecule has 0 N–H and O–H groups in total. The van der Waals surface area contributed by atoms with Crippen LogP contribution in [0, 0.1) is 0 Å². The van der Waals surface area contributed by atoms with E-state index in [9.17, 15) is 13.2 Å². The molecule has 2 rings (SSSR count). The van der Waals surface area contributed by atoms with Crippen LogP contribution in [0.1, 0.15) is 12.0 Å². The van der Waals surface area contributed by atoms with Gasteiger partial charge in [0.25, 0.3) is 0 Å². The van der Waals surface area contributed by atoms with Crippen LogP contribution in [0.25, 0.3) is 0 Å². The molecule has 1 aromatic carbocycles. The molecular formula is C17H26N2O4S. The molecule has 1 aromatic rings. The topological polar surface area (TPSA) is 66.9 Å². The summed E-state index contributed by atoms with van der Waals surface area (Å²) in [5, 5.41) is 0. The summed E-state index contributed by atoms with van der Waals surface area (Å²) in [7, 11) is -1.33. The average molecular weight is 354 g/mol. The van der Waals surface area contributed by atoms with Gasteiger partial charge < -0.3 is 14.5 Å². The van der Waals surface area contributed by atoms with E-state index in [1.54, 1.807) is 7.11 Å². The molecule has 24 heavy (non-hydrogen) atoms. The van der Waals surface area contributed by atoms with Crippen molar-refractivity contribution in [3.8, 4) is 5.75 Å². The third kappa shape index (κ3) is 6.13. The Labute approximate surface area is 144 Å². The van der Waals surface area contributed by atoms with Crippen molar-refractivity contribution in [3.05, 3.63) is 29.8 Å². The zero-order chi connectivity index (χ0) is 17.6. The van der Waals surface area contributed by atoms with E-state index in [4.69, 9.17) is 4.74 Å². The van der Waals surface area contributed by atoms with Gasteiger partial charge in [-0.25, -0.2) is 8.42 Å². The molecule has 7 heteroatoms. The first-order valence-corrected chi connectivity index (χ1v) is 10.2. The lowest BCUT2D eigenvalue weighted by Crippen LogP contribution is -2.37. The van der Waals surface area contributed by atoms with E-state index in [2.05, 4.69) is 4.90 Å². The molecule has 0 saturated carbocycles. The number of carbonyl (C=O) groups excluding carboxylic acids is 1. The number of hydrogen-bond acceptors (Lipinski definition) is 5. The van der Waals surface area contributed by atoms with Gasteiger partial charge in [-0.15, -0.1) is 0 Å². The molecule has 0 spiro atoms. The molecule has 1 aliphatic heterocycles. The predicted octanol–water partition coefficient (Wildman–Crippen LogP) is 0.817. The van der Waals surface area contributed by atoms with Gasteiger partial charge in [0.15, 0.2) is 0 Å². The number of methoxy groups -OCH3 is 1. The Morgan fingerprint density at radius 1 is 1.21 bits per heavy atom. The van der Waals surface area contributed by atoms with Crippen molar-refractivity contribution in [2.45, 2.75) is 12.8 Å². The van der Waals surface area contributed by atoms with Crippen molar-refractivity contribution in [2.24, 2.45) is 0 Å². The first-order valence-electron chi connectivity index (χ1n) is 8.18. The Morgan fingerprint density at radius 3 is 2.71 bits per heavy atom. The molecule has 0 bridgehead atoms. The largest absolute Gasteiger partial charge is 0.497 e. The van der Waals surface area contributed by atoms with E-state index in [-0.39, 0.29) is 11.7 Å². The van der Waals surface area contributed by atoms with Crippen LogP contribution in [0.2, 0.25) is 0 Å². The number of amides is 1. The van der Waals surface area contributed by atoms with Gasteiger partial charge in [0.05, 0.1) is 19.3 Å². The summed E-state index contributed by atoms with van der Waals surface area (Å²) in [5.41, 5.74) is 0.942. The normalized spacial score (nSPS) is 16.7. The highest BCUT2D eigenvalue weighted by Crippen LogP contribution is 2.14. The van der Waals surface area contributed by atoms with Gasteiger partial charge in [-0.1, -0.05) is 12.1 Å². The van der Waals surface area contributed by atoms with E-state index in [0.29, 0.717) is 19.5 Å². The van der Waals surface area contributed by atoms with Crippen LogP contribution >= 0.6 is 0 Å². The quantitative estimate of drug-likeness (QED) is 0.757. The number of benzene rings is 1. The summed E-state index contributed by atoms with van der Waals surface area (Å²) in [6, 6.07) is 7.56. The number of rotatable bonds is 6. The zero-order valence-electron chi connectivity index (χ0n) is 14.4. The highest BCUT2D eigenvalue weighted by atomic mass is 32.2. The third-order valence-corrected chi connectivity index (χ3v) is 5.13. The van der Waals surface area contributed by atoms with Gasteiger partial charge in [0, 0.05) is 32.4 Å². The van der Waals surface area contributed by atoms with Gasteiger partial charge in [0.1, 0.15) is 15.6 Å². The summed E-state index contributed by atoms with van der Waals surface area (Å²) in [4.78, 5) is 16.5. The van der Waals surface area contributed by atoms with Crippen molar-refractivity contribution in [2.75, 3.05) is 51.8 Å². The number of ether oxygens (including phenoxy) is 1. The zero-order valence-corrected chi connectivity index (χ0v) is 15.2. The molecule has 0 aromatic heterocycles. The first kappa shape index (κ1) is 18.7. The molecule has 1 saturated heterocycles. The van der Waals surface area contributed by atoms with E-state index in [0.717, 1.165) is 37.4 Å². The van der Waals surface area contributed by atoms with Crippen LogP contribution in [-0.2, 0) is 21.1 Å². The highest BCUT2D eigenvalue weighted by molar-refractivity contribution is 7.90. The van der Waals surface area contributed by atoms with Crippen molar-refractivity contribution in [1.82, 2.24) is 9.80 Å². The lowest BCUT2D eigenvalue weighted by Gasteiger charge is -2.22. The van der Waals surface area contributed by atoms with Crippen molar-refractivity contribution in [3.63, 3.8) is 0 Å². The Kier molecular flexibility index (Phi) is 6.62. The van der Waals surface area contributed by atoms with Gasteiger partial charge in [-0.3, -0.25) is 4.79 Å². The van der Waals surface area contributed by atoms with Crippen LogP contribution in [-0.4, -0.2) is 76.0 Å². The molecular weight excluding hydrogens is 328 g/mol. The minimum Gasteiger partial charge on any atom is -0.497 e.